The van der Waals surface area contributed by atoms with Crippen LogP contribution >= 0.6 is 23.2 Å². The molecule has 0 aromatic heterocycles. The largest absolute Gasteiger partial charge is 0.379 e. The number of hydrogen-bond acceptors (Lipinski definition) is 2. The molecular weight excluding hydrogens is 329 g/mol. The average Bonchev–Trinajstić information content (AvgIpc) is 3.06. The summed E-state index contributed by atoms with van der Waals surface area (Å²) >= 11 is 13.0. The van der Waals surface area contributed by atoms with Crippen LogP contribution in [-0.2, 0) is 4.74 Å². The fourth-order valence-corrected chi connectivity index (χ4v) is 5.07. The maximum Gasteiger partial charge on any atom is 0.0810 e. The van der Waals surface area contributed by atoms with E-state index in [4.69, 9.17) is 27.9 Å². The highest BCUT2D eigenvalue weighted by molar-refractivity contribution is 6.39. The van der Waals surface area contributed by atoms with E-state index in [2.05, 4.69) is 18.3 Å². The monoisotopic (exact) mass is 357 g/mol. The third-order valence-corrected chi connectivity index (χ3v) is 7.60. The van der Waals surface area contributed by atoms with Gasteiger partial charge in [0.25, 0.3) is 0 Å². The SMILES string of the molecule is COC1(C)CCC(C2=CC=C(Cl)[C@](C)(Cl)C2)([C@@H]2CCNC2)CC1. The summed E-state index contributed by atoms with van der Waals surface area (Å²) in [5, 5.41) is 4.33. The second-order valence-electron chi connectivity index (χ2n) is 8.08. The maximum absolute atomic E-state index is 6.71. The van der Waals surface area contributed by atoms with Gasteiger partial charge in [0.15, 0.2) is 0 Å². The molecule has 0 amide bonds. The van der Waals surface area contributed by atoms with Gasteiger partial charge in [-0.15, -0.1) is 11.6 Å². The number of alkyl halides is 1. The molecule has 130 valence electrons. The Morgan fingerprint density at radius 3 is 2.39 bits per heavy atom. The first kappa shape index (κ1) is 17.8. The smallest absolute Gasteiger partial charge is 0.0810 e. The molecule has 1 saturated heterocycles. The Kier molecular flexibility index (Phi) is 4.93. The van der Waals surface area contributed by atoms with Crippen LogP contribution in [0.15, 0.2) is 22.8 Å². The zero-order chi connectivity index (χ0) is 16.7. The van der Waals surface area contributed by atoms with Crippen molar-refractivity contribution in [2.45, 2.75) is 62.8 Å². The zero-order valence-corrected chi connectivity index (χ0v) is 16.1. The fraction of sp³-hybridized carbons (Fsp3) is 0.789. The minimum Gasteiger partial charge on any atom is -0.379 e. The highest BCUT2D eigenvalue weighted by Crippen LogP contribution is 2.56. The first-order valence-electron chi connectivity index (χ1n) is 8.83. The van der Waals surface area contributed by atoms with Crippen molar-refractivity contribution in [1.82, 2.24) is 5.32 Å². The van der Waals surface area contributed by atoms with Crippen LogP contribution < -0.4 is 5.32 Å². The lowest BCUT2D eigenvalue weighted by Crippen LogP contribution is -2.45. The van der Waals surface area contributed by atoms with Crippen LogP contribution in [0.2, 0.25) is 0 Å². The van der Waals surface area contributed by atoms with Crippen molar-refractivity contribution < 1.29 is 4.74 Å². The van der Waals surface area contributed by atoms with Crippen molar-refractivity contribution in [3.8, 4) is 0 Å². The average molecular weight is 358 g/mol. The molecule has 3 aliphatic rings. The van der Waals surface area contributed by atoms with E-state index in [0.717, 1.165) is 37.4 Å². The number of ether oxygens (including phenoxy) is 1. The second-order valence-corrected chi connectivity index (χ2v) is 9.32. The molecule has 2 nitrogen and oxygen atoms in total. The van der Waals surface area contributed by atoms with E-state index in [1.54, 1.807) is 0 Å². The van der Waals surface area contributed by atoms with Crippen molar-refractivity contribution >= 4 is 23.2 Å². The molecule has 0 radical (unpaired) electrons. The van der Waals surface area contributed by atoms with Gasteiger partial charge in [-0.2, -0.15) is 0 Å². The van der Waals surface area contributed by atoms with E-state index < -0.39 is 4.87 Å². The van der Waals surface area contributed by atoms with Crippen LogP contribution in [0.1, 0.15) is 52.4 Å². The van der Waals surface area contributed by atoms with E-state index in [0.29, 0.717) is 5.92 Å². The van der Waals surface area contributed by atoms with Gasteiger partial charge in [-0.05, 0) is 82.9 Å². The number of hydrogen-bond donors (Lipinski definition) is 1. The highest BCUT2D eigenvalue weighted by atomic mass is 35.5. The van der Waals surface area contributed by atoms with Crippen LogP contribution in [0.3, 0.4) is 0 Å². The Hall–Kier alpha value is -0.0200. The third-order valence-electron chi connectivity index (χ3n) is 6.63. The van der Waals surface area contributed by atoms with Crippen LogP contribution in [-0.4, -0.2) is 30.7 Å². The van der Waals surface area contributed by atoms with E-state index in [1.807, 2.05) is 20.1 Å². The molecule has 2 fully saturated rings. The summed E-state index contributed by atoms with van der Waals surface area (Å²) < 4.78 is 5.79. The molecular formula is C19H29Cl2NO. The highest BCUT2D eigenvalue weighted by Gasteiger charge is 2.49. The van der Waals surface area contributed by atoms with Crippen molar-refractivity contribution in [2.75, 3.05) is 20.2 Å². The van der Waals surface area contributed by atoms with Gasteiger partial charge in [0.05, 0.1) is 10.5 Å². The van der Waals surface area contributed by atoms with Crippen LogP contribution in [0.25, 0.3) is 0 Å². The summed E-state index contributed by atoms with van der Waals surface area (Å²) in [6, 6.07) is 0. The third kappa shape index (κ3) is 3.25. The molecule has 2 aliphatic carbocycles. The fourth-order valence-electron chi connectivity index (χ4n) is 4.74. The molecule has 1 heterocycles. The van der Waals surface area contributed by atoms with Gasteiger partial charge in [0.2, 0.25) is 0 Å². The van der Waals surface area contributed by atoms with Crippen LogP contribution in [0.5, 0.6) is 0 Å². The number of allylic oxidation sites excluding steroid dienone is 4. The normalized spacial score (nSPS) is 44.8. The molecule has 1 N–H and O–H groups in total. The van der Waals surface area contributed by atoms with Gasteiger partial charge in [-0.25, -0.2) is 0 Å². The van der Waals surface area contributed by atoms with Crippen molar-refractivity contribution in [3.63, 3.8) is 0 Å². The Balaban J connectivity index is 1.92. The molecule has 0 aromatic carbocycles. The van der Waals surface area contributed by atoms with Crippen molar-refractivity contribution in [3.05, 3.63) is 22.8 Å². The topological polar surface area (TPSA) is 21.3 Å². The Bertz CT molecular complexity index is 509. The minimum absolute atomic E-state index is 0.0303. The summed E-state index contributed by atoms with van der Waals surface area (Å²) in [4.78, 5) is -0.452. The first-order chi connectivity index (χ1) is 10.8. The minimum atomic E-state index is -0.452. The Labute approximate surface area is 150 Å². The van der Waals surface area contributed by atoms with E-state index in [1.165, 1.54) is 24.8 Å². The quantitative estimate of drug-likeness (QED) is 0.716. The lowest BCUT2D eigenvalue weighted by Gasteiger charge is -2.50. The number of rotatable bonds is 3. The Morgan fingerprint density at radius 2 is 1.87 bits per heavy atom. The lowest BCUT2D eigenvalue weighted by atomic mass is 9.57. The molecule has 1 aliphatic heterocycles. The summed E-state index contributed by atoms with van der Waals surface area (Å²) in [7, 11) is 1.85. The molecule has 0 aromatic rings. The van der Waals surface area contributed by atoms with Gasteiger partial charge < -0.3 is 10.1 Å². The number of nitrogens with one attached hydrogen (secondary N) is 1. The van der Waals surface area contributed by atoms with E-state index in [9.17, 15) is 0 Å². The van der Waals surface area contributed by atoms with Gasteiger partial charge in [-0.1, -0.05) is 23.3 Å². The van der Waals surface area contributed by atoms with Gasteiger partial charge in [0, 0.05) is 12.1 Å². The Morgan fingerprint density at radius 1 is 1.17 bits per heavy atom. The predicted molar refractivity (Wildman–Crippen MR) is 98.2 cm³/mol. The maximum atomic E-state index is 6.71. The molecule has 2 atom stereocenters. The molecule has 0 spiro atoms. The molecule has 3 rings (SSSR count). The van der Waals surface area contributed by atoms with Gasteiger partial charge in [-0.3, -0.25) is 0 Å². The molecule has 0 bridgehead atoms. The lowest BCUT2D eigenvalue weighted by molar-refractivity contribution is -0.0569. The summed E-state index contributed by atoms with van der Waals surface area (Å²) in [6.07, 6.45) is 11.0. The van der Waals surface area contributed by atoms with E-state index >= 15 is 0 Å². The molecule has 4 heteroatoms. The summed E-state index contributed by atoms with van der Waals surface area (Å²) in [5.74, 6) is 0.702. The van der Waals surface area contributed by atoms with Gasteiger partial charge >= 0.3 is 0 Å². The van der Waals surface area contributed by atoms with Crippen LogP contribution in [0, 0.1) is 11.3 Å². The first-order valence-corrected chi connectivity index (χ1v) is 9.59. The summed E-state index contributed by atoms with van der Waals surface area (Å²) in [6.45, 7) is 6.55. The number of methoxy groups -OCH3 is 1. The standard InChI is InChI=1S/C19H29Cl2NO/c1-17(23-3)7-9-19(10-8-17,15-6-11-22-13-15)14-4-5-16(20)18(2,21)12-14/h4-5,15,22H,6-13H2,1-3H3/t15-,17?,18-,19?/m1/s1. The summed E-state index contributed by atoms with van der Waals surface area (Å²) in [5.41, 5.74) is 1.79. The van der Waals surface area contributed by atoms with E-state index in [-0.39, 0.29) is 11.0 Å². The molecule has 23 heavy (non-hydrogen) atoms. The van der Waals surface area contributed by atoms with Crippen molar-refractivity contribution in [1.29, 1.82) is 0 Å². The van der Waals surface area contributed by atoms with Crippen molar-refractivity contribution in [2.24, 2.45) is 11.3 Å². The number of halogens is 2. The zero-order valence-electron chi connectivity index (χ0n) is 14.6. The molecule has 1 saturated carbocycles. The predicted octanol–water partition coefficient (Wildman–Crippen LogP) is 5.01. The van der Waals surface area contributed by atoms with Crippen LogP contribution in [0.4, 0.5) is 0 Å². The second kappa shape index (κ2) is 6.37. The van der Waals surface area contributed by atoms with Gasteiger partial charge in [0.1, 0.15) is 0 Å². The molecule has 0 unspecified atom stereocenters.